The number of thiol groups is 1. The summed E-state index contributed by atoms with van der Waals surface area (Å²) in [5, 5.41) is 0. The molecule has 0 nitrogen and oxygen atoms in total. The molecule has 0 bridgehead atoms. The van der Waals surface area contributed by atoms with Gasteiger partial charge in [0.2, 0.25) is 0 Å². The molecule has 0 radical (unpaired) electrons. The molecule has 0 aliphatic carbocycles. The minimum absolute atomic E-state index is 0. The molecule has 0 heterocycles. The van der Waals surface area contributed by atoms with E-state index in [9.17, 15) is 0 Å². The number of halogens is 5. The summed E-state index contributed by atoms with van der Waals surface area (Å²) in [5.41, 5.74) is 0. The third kappa shape index (κ3) is 4.12. The Morgan fingerprint density at radius 1 is 0.615 bits per heavy atom. The van der Waals surface area contributed by atoms with Crippen molar-refractivity contribution in [2.45, 2.75) is 4.90 Å². The smallest absolute Gasteiger partial charge is 0.141 e. The molecule has 0 N–H and O–H groups in total. The molecule has 7 heteroatoms. The van der Waals surface area contributed by atoms with Crippen LogP contribution in [0.15, 0.2) is 4.90 Å². The first-order valence-electron chi connectivity index (χ1n) is 2.67. The van der Waals surface area contributed by atoms with Crippen molar-refractivity contribution in [1.82, 2.24) is 0 Å². The Balaban J connectivity index is 0.00000144. The second kappa shape index (κ2) is 7.61. The summed E-state index contributed by atoms with van der Waals surface area (Å²) in [4.78, 5) is 1.10. The Bertz CT molecular complexity index is 235. The zero-order valence-electron chi connectivity index (χ0n) is 6.34. The number of hydrogen-bond donors (Lipinski definition) is 1. The standard InChI is InChI=1S/C6HI5S.Na/c7-1-2(8)4(10)6(12)5(11)3(1)9;/h12H;/q;+1. The fraction of sp³-hybridized carbons (Fsp3) is 0. The van der Waals surface area contributed by atoms with Crippen molar-refractivity contribution in [2.24, 2.45) is 0 Å². The number of benzene rings is 1. The molecule has 1 rings (SSSR count). The van der Waals surface area contributed by atoms with Gasteiger partial charge in [-0.25, -0.2) is 0 Å². The quantitative estimate of drug-likeness (QED) is 0.135. The summed E-state index contributed by atoms with van der Waals surface area (Å²) in [5.74, 6) is 0. The van der Waals surface area contributed by atoms with Crippen LogP contribution in [0, 0.1) is 17.9 Å². The zero-order valence-corrected chi connectivity index (χ0v) is 20.0. The van der Waals surface area contributed by atoms with Gasteiger partial charge in [-0.3, -0.25) is 0 Å². The number of rotatable bonds is 0. The fourth-order valence-corrected chi connectivity index (χ4v) is 6.00. The van der Waals surface area contributed by atoms with Crippen LogP contribution >= 0.6 is 126 Å². The Kier molecular flexibility index (Phi) is 10.1. The minimum Gasteiger partial charge on any atom is -0.141 e. The van der Waals surface area contributed by atoms with Gasteiger partial charge in [0.05, 0.1) is 0 Å². The average molecular weight is 763 g/mol. The van der Waals surface area contributed by atoms with Crippen molar-refractivity contribution >= 4 is 126 Å². The molecule has 0 unspecified atom stereocenters. The second-order valence-corrected chi connectivity index (χ2v) is 7.76. The van der Waals surface area contributed by atoms with E-state index in [0.717, 1.165) is 4.90 Å². The Morgan fingerprint density at radius 3 is 1.15 bits per heavy atom. The van der Waals surface area contributed by atoms with Crippen molar-refractivity contribution in [3.63, 3.8) is 0 Å². The van der Waals surface area contributed by atoms with E-state index in [0.29, 0.717) is 0 Å². The maximum atomic E-state index is 4.47. The summed E-state index contributed by atoms with van der Waals surface area (Å²) in [6, 6.07) is 0. The molecule has 1 aromatic carbocycles. The van der Waals surface area contributed by atoms with Gasteiger partial charge < -0.3 is 0 Å². The van der Waals surface area contributed by atoms with Gasteiger partial charge in [-0.15, -0.1) is 12.6 Å². The van der Waals surface area contributed by atoms with Crippen LogP contribution in [-0.4, -0.2) is 0 Å². The maximum Gasteiger partial charge on any atom is 1.00 e. The van der Waals surface area contributed by atoms with Crippen molar-refractivity contribution in [1.29, 1.82) is 0 Å². The van der Waals surface area contributed by atoms with E-state index in [2.05, 4.69) is 126 Å². The van der Waals surface area contributed by atoms with Gasteiger partial charge in [-0.2, -0.15) is 0 Å². The van der Waals surface area contributed by atoms with Crippen LogP contribution in [0.3, 0.4) is 0 Å². The van der Waals surface area contributed by atoms with E-state index in [1.165, 1.54) is 17.9 Å². The van der Waals surface area contributed by atoms with E-state index in [1.54, 1.807) is 0 Å². The largest absolute Gasteiger partial charge is 1.00 e. The molecule has 0 aliphatic rings. The molecule has 1 aromatic rings. The molecule has 0 saturated heterocycles. The van der Waals surface area contributed by atoms with Crippen molar-refractivity contribution < 1.29 is 29.6 Å². The molecule has 0 aromatic heterocycles. The van der Waals surface area contributed by atoms with Crippen LogP contribution in [0.2, 0.25) is 0 Å². The van der Waals surface area contributed by atoms with Gasteiger partial charge in [0.25, 0.3) is 0 Å². The van der Waals surface area contributed by atoms with Gasteiger partial charge in [-0.1, -0.05) is 0 Å². The SMILES string of the molecule is Sc1c(I)c(I)c(I)c(I)c1I.[Na+]. The van der Waals surface area contributed by atoms with Crippen molar-refractivity contribution in [2.75, 3.05) is 0 Å². The van der Waals surface area contributed by atoms with Crippen LogP contribution in [0.5, 0.6) is 0 Å². The molecule has 66 valence electrons. The summed E-state index contributed by atoms with van der Waals surface area (Å²) in [6.07, 6.45) is 0. The monoisotopic (exact) mass is 762 g/mol. The fourth-order valence-electron chi connectivity index (χ4n) is 0.593. The summed E-state index contributed by atoms with van der Waals surface area (Å²) in [6.45, 7) is 0. The zero-order chi connectivity index (χ0) is 9.46. The van der Waals surface area contributed by atoms with Gasteiger partial charge >= 0.3 is 29.6 Å². The first kappa shape index (κ1) is 17.2. The van der Waals surface area contributed by atoms with E-state index >= 15 is 0 Å². The Labute approximate surface area is 173 Å². The molecular formula is C6HI5NaS+. The Hall–Kier alpha value is 4.22. The molecule has 0 atom stereocenters. The average Bonchev–Trinajstić information content (AvgIpc) is 2.08. The summed E-state index contributed by atoms with van der Waals surface area (Å²) in [7, 11) is 0. The molecular weight excluding hydrogens is 762 g/mol. The predicted molar refractivity (Wildman–Crippen MR) is 97.3 cm³/mol. The number of hydrogen-bond acceptors (Lipinski definition) is 1. The van der Waals surface area contributed by atoms with Crippen LogP contribution < -0.4 is 29.6 Å². The molecule has 13 heavy (non-hydrogen) atoms. The molecule has 0 spiro atoms. The molecule has 0 amide bonds. The van der Waals surface area contributed by atoms with E-state index in [4.69, 9.17) is 0 Å². The van der Waals surface area contributed by atoms with Gasteiger partial charge in [0.1, 0.15) is 0 Å². The normalized spacial score (nSPS) is 9.69. The van der Waals surface area contributed by atoms with Gasteiger partial charge in [-0.05, 0) is 113 Å². The molecule has 0 saturated carbocycles. The predicted octanol–water partition coefficient (Wildman–Crippen LogP) is 2.00. The first-order valence-corrected chi connectivity index (χ1v) is 8.51. The topological polar surface area (TPSA) is 0 Å². The van der Waals surface area contributed by atoms with E-state index in [1.807, 2.05) is 0 Å². The van der Waals surface area contributed by atoms with Gasteiger partial charge in [0, 0.05) is 22.7 Å². The van der Waals surface area contributed by atoms with E-state index in [-0.39, 0.29) is 29.6 Å². The van der Waals surface area contributed by atoms with Crippen LogP contribution in [-0.2, 0) is 0 Å². The summed E-state index contributed by atoms with van der Waals surface area (Å²) >= 11 is 16.3. The minimum atomic E-state index is 0. The van der Waals surface area contributed by atoms with Crippen LogP contribution in [0.4, 0.5) is 0 Å². The Morgan fingerprint density at radius 2 is 0.846 bits per heavy atom. The molecule has 0 fully saturated rings. The van der Waals surface area contributed by atoms with Gasteiger partial charge in [0.15, 0.2) is 0 Å². The van der Waals surface area contributed by atoms with E-state index < -0.39 is 0 Å². The maximum absolute atomic E-state index is 4.47. The first-order chi connectivity index (χ1) is 5.46. The second-order valence-electron chi connectivity index (χ2n) is 1.92. The van der Waals surface area contributed by atoms with Crippen LogP contribution in [0.1, 0.15) is 0 Å². The summed E-state index contributed by atoms with van der Waals surface area (Å²) < 4.78 is 6.46. The third-order valence-corrected chi connectivity index (χ3v) is 12.0. The van der Waals surface area contributed by atoms with Crippen molar-refractivity contribution in [3.05, 3.63) is 17.9 Å². The molecule has 0 aliphatic heterocycles. The van der Waals surface area contributed by atoms with Crippen molar-refractivity contribution in [3.8, 4) is 0 Å². The third-order valence-electron chi connectivity index (χ3n) is 1.19. The van der Waals surface area contributed by atoms with Crippen LogP contribution in [0.25, 0.3) is 0 Å².